The number of benzene rings is 1. The van der Waals surface area contributed by atoms with Gasteiger partial charge in [-0.3, -0.25) is 5.10 Å². The molecule has 1 atom stereocenters. The van der Waals surface area contributed by atoms with Crippen LogP contribution in [0.5, 0.6) is 11.8 Å². The summed E-state index contributed by atoms with van der Waals surface area (Å²) >= 11 is 0. The molecular formula is C17H14N6O. The molecule has 1 N–H and O–H groups in total. The number of ether oxygens (including phenoxy) is 1. The summed E-state index contributed by atoms with van der Waals surface area (Å²) < 4.78 is 7.64. The molecule has 0 aliphatic carbocycles. The number of H-pyrrole nitrogens is 1. The quantitative estimate of drug-likeness (QED) is 0.514. The van der Waals surface area contributed by atoms with Crippen LogP contribution >= 0.6 is 0 Å². The maximum absolute atomic E-state index is 5.93. The second-order valence-corrected chi connectivity index (χ2v) is 5.90. The second-order valence-electron chi connectivity index (χ2n) is 5.90. The smallest absolute Gasteiger partial charge is 0.244 e. The zero-order valence-electron chi connectivity index (χ0n) is 13.2. The van der Waals surface area contributed by atoms with Crippen LogP contribution in [0.15, 0.2) is 36.7 Å². The molecule has 4 aromatic rings. The first-order chi connectivity index (χ1) is 11.7. The average Bonchev–Trinajstić information content (AvgIpc) is 3.16. The van der Waals surface area contributed by atoms with Gasteiger partial charge in [-0.2, -0.15) is 5.10 Å². The van der Waals surface area contributed by atoms with E-state index in [1.54, 1.807) is 10.8 Å². The molecule has 1 aliphatic heterocycles. The van der Waals surface area contributed by atoms with Gasteiger partial charge < -0.3 is 4.74 Å². The van der Waals surface area contributed by atoms with Gasteiger partial charge in [-0.25, -0.2) is 14.5 Å². The lowest BCUT2D eigenvalue weighted by atomic mass is 9.84. The van der Waals surface area contributed by atoms with Crippen molar-refractivity contribution in [1.29, 1.82) is 0 Å². The summed E-state index contributed by atoms with van der Waals surface area (Å²) in [6.07, 6.45) is 1.63. The van der Waals surface area contributed by atoms with Crippen molar-refractivity contribution >= 4 is 5.65 Å². The van der Waals surface area contributed by atoms with E-state index in [0.29, 0.717) is 17.6 Å². The molecule has 7 heteroatoms. The summed E-state index contributed by atoms with van der Waals surface area (Å²) in [5.41, 5.74) is 4.81. The van der Waals surface area contributed by atoms with Gasteiger partial charge in [0.1, 0.15) is 12.2 Å². The fraction of sp³-hybridized carbons (Fsp3) is 0.176. The number of hydrogen-bond donors (Lipinski definition) is 1. The van der Waals surface area contributed by atoms with Crippen molar-refractivity contribution in [2.24, 2.45) is 0 Å². The van der Waals surface area contributed by atoms with Gasteiger partial charge in [0, 0.05) is 11.3 Å². The average molecular weight is 318 g/mol. The van der Waals surface area contributed by atoms with Crippen LogP contribution in [0.3, 0.4) is 0 Å². The Balaban J connectivity index is 1.88. The van der Waals surface area contributed by atoms with Crippen molar-refractivity contribution in [1.82, 2.24) is 29.8 Å². The molecule has 0 fully saturated rings. The van der Waals surface area contributed by atoms with E-state index in [1.165, 1.54) is 0 Å². The van der Waals surface area contributed by atoms with Crippen molar-refractivity contribution in [2.75, 3.05) is 0 Å². The number of hydrogen-bond acceptors (Lipinski definition) is 5. The van der Waals surface area contributed by atoms with Crippen molar-refractivity contribution in [3.05, 3.63) is 64.9 Å². The summed E-state index contributed by atoms with van der Waals surface area (Å²) in [4.78, 5) is 9.02. The largest absolute Gasteiger partial charge is 0.418 e. The third kappa shape index (κ3) is 1.72. The van der Waals surface area contributed by atoms with Gasteiger partial charge in [-0.1, -0.05) is 30.3 Å². The molecule has 0 saturated heterocycles. The minimum Gasteiger partial charge on any atom is -0.418 e. The van der Waals surface area contributed by atoms with Crippen LogP contribution in [0.25, 0.3) is 5.65 Å². The van der Waals surface area contributed by atoms with Gasteiger partial charge in [0.15, 0.2) is 5.65 Å². The highest BCUT2D eigenvalue weighted by Gasteiger charge is 2.36. The second kappa shape index (κ2) is 4.64. The van der Waals surface area contributed by atoms with E-state index in [1.807, 2.05) is 32.0 Å². The van der Waals surface area contributed by atoms with Crippen LogP contribution in [0.2, 0.25) is 0 Å². The monoisotopic (exact) mass is 318 g/mol. The lowest BCUT2D eigenvalue weighted by Crippen LogP contribution is -2.15. The van der Waals surface area contributed by atoms with E-state index >= 15 is 0 Å². The van der Waals surface area contributed by atoms with E-state index in [2.05, 4.69) is 37.4 Å². The van der Waals surface area contributed by atoms with Crippen LogP contribution in [-0.2, 0) is 0 Å². The minimum absolute atomic E-state index is 0.0523. The molecule has 1 unspecified atom stereocenters. The Morgan fingerprint density at radius 3 is 2.75 bits per heavy atom. The third-order valence-corrected chi connectivity index (χ3v) is 4.36. The lowest BCUT2D eigenvalue weighted by Gasteiger charge is -2.25. The standard InChI is InChI=1S/C17H14N6O/c1-9-12-13(11-6-4-3-5-7-11)14-15-19-10(2)22-23(15)8-18-16(14)24-17(12)21-20-9/h3-8,13H,1-2H3,(H,20,21). The molecule has 0 radical (unpaired) electrons. The van der Waals surface area contributed by atoms with Gasteiger partial charge in [-0.05, 0) is 19.4 Å². The predicted octanol–water partition coefficient (Wildman–Crippen LogP) is 2.75. The zero-order chi connectivity index (χ0) is 16.3. The lowest BCUT2D eigenvalue weighted by molar-refractivity contribution is 0.416. The molecular weight excluding hydrogens is 304 g/mol. The third-order valence-electron chi connectivity index (χ3n) is 4.36. The molecule has 0 amide bonds. The molecule has 0 bridgehead atoms. The summed E-state index contributed by atoms with van der Waals surface area (Å²) in [7, 11) is 0. The van der Waals surface area contributed by atoms with Gasteiger partial charge in [0.2, 0.25) is 11.8 Å². The normalized spacial score (nSPS) is 15.8. The molecule has 0 spiro atoms. The Bertz CT molecular complexity index is 1070. The van der Waals surface area contributed by atoms with Crippen LogP contribution in [0.4, 0.5) is 0 Å². The number of rotatable bonds is 1. The highest BCUT2D eigenvalue weighted by molar-refractivity contribution is 5.65. The Hall–Kier alpha value is -3.22. The zero-order valence-corrected chi connectivity index (χ0v) is 13.2. The molecule has 7 nitrogen and oxygen atoms in total. The molecule has 1 aliphatic rings. The maximum atomic E-state index is 5.93. The molecule has 4 heterocycles. The van der Waals surface area contributed by atoms with Crippen LogP contribution in [-0.4, -0.2) is 29.8 Å². The summed E-state index contributed by atoms with van der Waals surface area (Å²) in [6, 6.07) is 10.3. The summed E-state index contributed by atoms with van der Waals surface area (Å²) in [5.74, 6) is 1.75. The Labute approximate surface area is 137 Å². The molecule has 118 valence electrons. The highest BCUT2D eigenvalue weighted by Crippen LogP contribution is 2.47. The van der Waals surface area contributed by atoms with E-state index in [0.717, 1.165) is 28.0 Å². The van der Waals surface area contributed by atoms with Gasteiger partial charge in [-0.15, -0.1) is 5.10 Å². The van der Waals surface area contributed by atoms with Crippen molar-refractivity contribution in [3.8, 4) is 11.8 Å². The van der Waals surface area contributed by atoms with E-state index < -0.39 is 0 Å². The summed E-state index contributed by atoms with van der Waals surface area (Å²) in [5, 5.41) is 11.7. The van der Waals surface area contributed by atoms with Gasteiger partial charge in [0.25, 0.3) is 0 Å². The number of aromatic nitrogens is 6. The topological polar surface area (TPSA) is 81.0 Å². The minimum atomic E-state index is -0.0523. The first-order valence-corrected chi connectivity index (χ1v) is 7.72. The molecule has 5 rings (SSSR count). The Morgan fingerprint density at radius 2 is 1.92 bits per heavy atom. The van der Waals surface area contributed by atoms with E-state index in [4.69, 9.17) is 4.74 Å². The molecule has 1 aromatic carbocycles. The van der Waals surface area contributed by atoms with Crippen molar-refractivity contribution in [2.45, 2.75) is 19.8 Å². The summed E-state index contributed by atoms with van der Waals surface area (Å²) in [6.45, 7) is 3.87. The number of nitrogens with one attached hydrogen (secondary N) is 1. The highest BCUT2D eigenvalue weighted by atomic mass is 16.5. The Kier molecular flexibility index (Phi) is 2.56. The van der Waals surface area contributed by atoms with Crippen LogP contribution in [0.1, 0.15) is 34.1 Å². The number of aromatic amines is 1. The number of fused-ring (bicyclic) bond motifs is 4. The van der Waals surface area contributed by atoms with Crippen molar-refractivity contribution < 1.29 is 4.74 Å². The van der Waals surface area contributed by atoms with Crippen LogP contribution in [0, 0.1) is 13.8 Å². The number of aryl methyl sites for hydroxylation is 2. The first kappa shape index (κ1) is 13.2. The molecule has 3 aromatic heterocycles. The van der Waals surface area contributed by atoms with Crippen LogP contribution < -0.4 is 4.74 Å². The van der Waals surface area contributed by atoms with E-state index in [-0.39, 0.29) is 5.92 Å². The first-order valence-electron chi connectivity index (χ1n) is 7.72. The fourth-order valence-corrected chi connectivity index (χ4v) is 3.35. The Morgan fingerprint density at radius 1 is 1.08 bits per heavy atom. The SMILES string of the molecule is Cc1nc2c3c(ncn2n1)Oc1n[nH]c(C)c1C3c1ccccc1. The molecule has 24 heavy (non-hydrogen) atoms. The number of nitrogens with zero attached hydrogens (tertiary/aromatic N) is 5. The maximum Gasteiger partial charge on any atom is 0.244 e. The van der Waals surface area contributed by atoms with Crippen molar-refractivity contribution in [3.63, 3.8) is 0 Å². The van der Waals surface area contributed by atoms with E-state index in [9.17, 15) is 0 Å². The van der Waals surface area contributed by atoms with Gasteiger partial charge >= 0.3 is 0 Å². The fourth-order valence-electron chi connectivity index (χ4n) is 3.35. The van der Waals surface area contributed by atoms with Gasteiger partial charge in [0.05, 0.1) is 11.5 Å². The predicted molar refractivity (Wildman–Crippen MR) is 86.3 cm³/mol. The molecule has 0 saturated carbocycles.